The zero-order valence-electron chi connectivity index (χ0n) is 11.8. The lowest BCUT2D eigenvalue weighted by molar-refractivity contribution is 0.0936. The lowest BCUT2D eigenvalue weighted by Gasteiger charge is -2.12. The van der Waals surface area contributed by atoms with Crippen LogP contribution in [0.15, 0.2) is 52.9 Å². The van der Waals surface area contributed by atoms with Crippen LogP contribution in [0, 0.1) is 0 Å². The molecule has 0 saturated heterocycles. The average Bonchev–Trinajstić information content (AvgIpc) is 2.93. The first-order valence-electron chi connectivity index (χ1n) is 6.79. The van der Waals surface area contributed by atoms with E-state index in [1.165, 1.54) is 0 Å². The Kier molecular flexibility index (Phi) is 4.10. The molecule has 1 unspecified atom stereocenters. The van der Waals surface area contributed by atoms with Crippen LogP contribution in [0.4, 0.5) is 0 Å². The minimum atomic E-state index is -0.291. The number of carbonyl (C=O) groups excluding carboxylic acids is 1. The molecule has 0 fully saturated rings. The summed E-state index contributed by atoms with van der Waals surface area (Å²) in [5, 5.41) is 4.69. The number of carbonyl (C=O) groups is 1. The van der Waals surface area contributed by atoms with Crippen LogP contribution in [0.5, 0.6) is 0 Å². The van der Waals surface area contributed by atoms with Crippen molar-refractivity contribution >= 4 is 40.1 Å². The maximum atomic E-state index is 12.3. The molecule has 0 aliphatic rings. The third-order valence-corrected chi connectivity index (χ3v) is 3.96. The van der Waals surface area contributed by atoms with E-state index >= 15 is 0 Å². The van der Waals surface area contributed by atoms with Crippen molar-refractivity contribution in [1.29, 1.82) is 0 Å². The molecule has 0 aliphatic carbocycles. The maximum absolute atomic E-state index is 12.3. The number of benzene rings is 2. The SMILES string of the molecule is CC(NC(=O)c1cc(Cl)ccc1Cl)c1cc2ccccc2o1. The monoisotopic (exact) mass is 333 g/mol. The Hall–Kier alpha value is -1.97. The smallest absolute Gasteiger partial charge is 0.253 e. The van der Waals surface area contributed by atoms with Gasteiger partial charge in [0.05, 0.1) is 16.6 Å². The van der Waals surface area contributed by atoms with E-state index in [1.807, 2.05) is 37.3 Å². The molecular weight excluding hydrogens is 321 g/mol. The highest BCUT2D eigenvalue weighted by atomic mass is 35.5. The van der Waals surface area contributed by atoms with E-state index in [2.05, 4.69) is 5.32 Å². The lowest BCUT2D eigenvalue weighted by atomic mass is 10.1. The molecule has 5 heteroatoms. The van der Waals surface area contributed by atoms with Gasteiger partial charge in [-0.15, -0.1) is 0 Å². The first-order valence-corrected chi connectivity index (χ1v) is 7.54. The number of halogens is 2. The van der Waals surface area contributed by atoms with Gasteiger partial charge in [-0.2, -0.15) is 0 Å². The molecule has 22 heavy (non-hydrogen) atoms. The molecule has 3 rings (SSSR count). The van der Waals surface area contributed by atoms with Gasteiger partial charge in [-0.05, 0) is 37.3 Å². The fourth-order valence-corrected chi connectivity index (χ4v) is 2.61. The van der Waals surface area contributed by atoms with Gasteiger partial charge in [0, 0.05) is 10.4 Å². The number of amides is 1. The van der Waals surface area contributed by atoms with E-state index in [9.17, 15) is 4.79 Å². The van der Waals surface area contributed by atoms with Crippen LogP contribution in [0.1, 0.15) is 29.1 Å². The Bertz CT molecular complexity index is 809. The fourth-order valence-electron chi connectivity index (χ4n) is 2.23. The summed E-state index contributed by atoms with van der Waals surface area (Å²) in [6, 6.07) is 14.1. The predicted molar refractivity (Wildman–Crippen MR) is 88.6 cm³/mol. The molecule has 1 amide bonds. The highest BCUT2D eigenvalue weighted by Gasteiger charge is 2.17. The largest absolute Gasteiger partial charge is 0.459 e. The van der Waals surface area contributed by atoms with Gasteiger partial charge in [-0.25, -0.2) is 0 Å². The van der Waals surface area contributed by atoms with E-state index < -0.39 is 0 Å². The number of furan rings is 1. The Balaban J connectivity index is 1.82. The zero-order chi connectivity index (χ0) is 15.7. The molecule has 1 heterocycles. The standard InChI is InChI=1S/C17H13Cl2NO2/c1-10(16-8-11-4-2-3-5-15(11)22-16)20-17(21)13-9-12(18)6-7-14(13)19/h2-10H,1H3,(H,20,21). The second-order valence-corrected chi connectivity index (χ2v) is 5.85. The van der Waals surface area contributed by atoms with Gasteiger partial charge >= 0.3 is 0 Å². The summed E-state index contributed by atoms with van der Waals surface area (Å²) in [6.07, 6.45) is 0. The van der Waals surface area contributed by atoms with Crippen LogP contribution in [-0.2, 0) is 0 Å². The van der Waals surface area contributed by atoms with Gasteiger partial charge in [0.15, 0.2) is 0 Å². The minimum Gasteiger partial charge on any atom is -0.459 e. The summed E-state index contributed by atoms with van der Waals surface area (Å²) < 4.78 is 5.75. The number of rotatable bonds is 3. The first kappa shape index (κ1) is 14.9. The summed E-state index contributed by atoms with van der Waals surface area (Å²) in [5.74, 6) is 0.396. The Morgan fingerprint density at radius 1 is 1.14 bits per heavy atom. The van der Waals surface area contributed by atoms with E-state index in [4.69, 9.17) is 27.6 Å². The number of para-hydroxylation sites is 1. The zero-order valence-corrected chi connectivity index (χ0v) is 13.3. The number of fused-ring (bicyclic) bond motifs is 1. The second-order valence-electron chi connectivity index (χ2n) is 5.01. The summed E-state index contributed by atoms with van der Waals surface area (Å²) >= 11 is 12.0. The van der Waals surface area contributed by atoms with Gasteiger partial charge < -0.3 is 9.73 Å². The van der Waals surface area contributed by atoms with Crippen LogP contribution < -0.4 is 5.32 Å². The number of hydrogen-bond acceptors (Lipinski definition) is 2. The van der Waals surface area contributed by atoms with Crippen molar-refractivity contribution < 1.29 is 9.21 Å². The summed E-state index contributed by atoms with van der Waals surface area (Å²) in [6.45, 7) is 1.86. The summed E-state index contributed by atoms with van der Waals surface area (Å²) in [7, 11) is 0. The van der Waals surface area contributed by atoms with Crippen LogP contribution in [0.25, 0.3) is 11.0 Å². The van der Waals surface area contributed by atoms with E-state index in [-0.39, 0.29) is 11.9 Å². The van der Waals surface area contributed by atoms with E-state index in [0.717, 1.165) is 11.0 Å². The number of nitrogens with one attached hydrogen (secondary N) is 1. The normalized spacial score (nSPS) is 12.3. The van der Waals surface area contributed by atoms with Gasteiger partial charge in [0.1, 0.15) is 11.3 Å². The van der Waals surface area contributed by atoms with Crippen molar-refractivity contribution in [3.05, 3.63) is 69.9 Å². The molecule has 112 valence electrons. The van der Waals surface area contributed by atoms with E-state index in [0.29, 0.717) is 21.4 Å². The quantitative estimate of drug-likeness (QED) is 0.712. The summed E-state index contributed by atoms with van der Waals surface area (Å²) in [4.78, 5) is 12.3. The highest BCUT2D eigenvalue weighted by molar-refractivity contribution is 6.35. The van der Waals surface area contributed by atoms with Crippen molar-refractivity contribution in [3.8, 4) is 0 Å². The Morgan fingerprint density at radius 2 is 1.91 bits per heavy atom. The molecule has 3 nitrogen and oxygen atoms in total. The van der Waals surface area contributed by atoms with Crippen molar-refractivity contribution in [1.82, 2.24) is 5.32 Å². The number of hydrogen-bond donors (Lipinski definition) is 1. The van der Waals surface area contributed by atoms with Crippen molar-refractivity contribution in [2.24, 2.45) is 0 Å². The molecule has 0 spiro atoms. The third kappa shape index (κ3) is 2.96. The molecule has 1 atom stereocenters. The van der Waals surface area contributed by atoms with Gasteiger partial charge in [-0.1, -0.05) is 41.4 Å². The average molecular weight is 334 g/mol. The maximum Gasteiger partial charge on any atom is 0.253 e. The van der Waals surface area contributed by atoms with E-state index in [1.54, 1.807) is 18.2 Å². The molecule has 0 aliphatic heterocycles. The molecule has 1 aromatic heterocycles. The molecule has 0 saturated carbocycles. The molecule has 0 radical (unpaired) electrons. The van der Waals surface area contributed by atoms with Gasteiger partial charge in [0.2, 0.25) is 0 Å². The van der Waals surface area contributed by atoms with Gasteiger partial charge in [-0.3, -0.25) is 4.79 Å². The second kappa shape index (κ2) is 6.03. The summed E-state index contributed by atoms with van der Waals surface area (Å²) in [5.41, 5.74) is 1.14. The highest BCUT2D eigenvalue weighted by Crippen LogP contribution is 2.25. The lowest BCUT2D eigenvalue weighted by Crippen LogP contribution is -2.26. The fraction of sp³-hybridized carbons (Fsp3) is 0.118. The minimum absolute atomic E-state index is 0.282. The first-order chi connectivity index (χ1) is 10.5. The topological polar surface area (TPSA) is 42.2 Å². The third-order valence-electron chi connectivity index (χ3n) is 3.39. The van der Waals surface area contributed by atoms with Crippen molar-refractivity contribution in [2.45, 2.75) is 13.0 Å². The van der Waals surface area contributed by atoms with Crippen LogP contribution in [-0.4, -0.2) is 5.91 Å². The van der Waals surface area contributed by atoms with Crippen LogP contribution >= 0.6 is 23.2 Å². The molecule has 3 aromatic rings. The Morgan fingerprint density at radius 3 is 2.68 bits per heavy atom. The predicted octanol–water partition coefficient (Wildman–Crippen LogP) is 5.23. The molecule has 0 bridgehead atoms. The Labute approximate surface area is 137 Å². The molecular formula is C17H13Cl2NO2. The van der Waals surface area contributed by atoms with Crippen LogP contribution in [0.3, 0.4) is 0 Å². The van der Waals surface area contributed by atoms with Crippen molar-refractivity contribution in [2.75, 3.05) is 0 Å². The van der Waals surface area contributed by atoms with Gasteiger partial charge in [0.25, 0.3) is 5.91 Å². The van der Waals surface area contributed by atoms with Crippen LogP contribution in [0.2, 0.25) is 10.0 Å². The molecule has 2 aromatic carbocycles. The molecule has 1 N–H and O–H groups in total. The van der Waals surface area contributed by atoms with Crippen molar-refractivity contribution in [3.63, 3.8) is 0 Å².